The van der Waals surface area contributed by atoms with Crippen molar-refractivity contribution in [3.63, 3.8) is 0 Å². The summed E-state index contributed by atoms with van der Waals surface area (Å²) < 4.78 is 5.52. The lowest BCUT2D eigenvalue weighted by Crippen LogP contribution is -2.60. The zero-order chi connectivity index (χ0) is 27.1. The van der Waals surface area contributed by atoms with Gasteiger partial charge in [0.1, 0.15) is 11.8 Å². The summed E-state index contributed by atoms with van der Waals surface area (Å²) in [5.41, 5.74) is 0.220. The number of benzene rings is 1. The lowest BCUT2D eigenvalue weighted by Gasteiger charge is -2.60. The van der Waals surface area contributed by atoms with Gasteiger partial charge in [0, 0.05) is 24.2 Å². The SMILES string of the molecule is CC(C)(C)OC(=O)N[C@@H]1[C@@H]2CC3C[C@H]1C[C@@](CNc1nc(NCc4ccccc4Cl)ncc1[N+](=O)[O-])(C3)C2. The molecule has 2 aromatic rings. The van der Waals surface area contributed by atoms with Crippen LogP contribution in [0.15, 0.2) is 30.5 Å². The first-order chi connectivity index (χ1) is 18.0. The summed E-state index contributed by atoms with van der Waals surface area (Å²) in [4.78, 5) is 32.4. The molecule has 1 unspecified atom stereocenters. The third kappa shape index (κ3) is 5.80. The molecule has 1 heterocycles. The van der Waals surface area contributed by atoms with Gasteiger partial charge in [-0.25, -0.2) is 9.78 Å². The molecule has 204 valence electrons. The first-order valence-electron chi connectivity index (χ1n) is 13.2. The zero-order valence-corrected chi connectivity index (χ0v) is 22.8. The molecular weight excluding hydrogens is 508 g/mol. The highest BCUT2D eigenvalue weighted by atomic mass is 35.5. The number of amides is 1. The summed E-state index contributed by atoms with van der Waals surface area (Å²) in [6.45, 7) is 6.60. The molecule has 11 heteroatoms. The van der Waals surface area contributed by atoms with Crippen molar-refractivity contribution >= 4 is 35.1 Å². The van der Waals surface area contributed by atoms with Crippen LogP contribution in [0.2, 0.25) is 5.02 Å². The first kappa shape index (κ1) is 26.5. The second-order valence-corrected chi connectivity index (χ2v) is 12.5. The maximum Gasteiger partial charge on any atom is 0.407 e. The highest BCUT2D eigenvalue weighted by Gasteiger charge is 2.55. The fourth-order valence-corrected chi connectivity index (χ4v) is 7.10. The molecule has 0 radical (unpaired) electrons. The summed E-state index contributed by atoms with van der Waals surface area (Å²) >= 11 is 6.24. The van der Waals surface area contributed by atoms with Crippen LogP contribution in [0.4, 0.5) is 22.2 Å². The number of ether oxygens (including phenoxy) is 1. The Morgan fingerprint density at radius 1 is 1.18 bits per heavy atom. The minimum Gasteiger partial charge on any atom is -0.444 e. The third-order valence-corrected chi connectivity index (χ3v) is 8.44. The van der Waals surface area contributed by atoms with Gasteiger partial charge >= 0.3 is 11.8 Å². The number of alkyl carbamates (subject to hydrolysis) is 1. The number of hydrogen-bond donors (Lipinski definition) is 3. The summed E-state index contributed by atoms with van der Waals surface area (Å²) in [6, 6.07) is 7.57. The maximum absolute atomic E-state index is 12.5. The summed E-state index contributed by atoms with van der Waals surface area (Å²) in [7, 11) is 0. The number of aromatic nitrogens is 2. The molecule has 1 aromatic carbocycles. The number of halogens is 1. The van der Waals surface area contributed by atoms with E-state index in [1.54, 1.807) is 6.07 Å². The van der Waals surface area contributed by atoms with Crippen molar-refractivity contribution in [3.8, 4) is 0 Å². The monoisotopic (exact) mass is 542 g/mol. The Hall–Kier alpha value is -3.14. The number of carbonyl (C=O) groups excluding carboxylic acids is 1. The number of nitro groups is 1. The van der Waals surface area contributed by atoms with Gasteiger partial charge in [0.05, 0.1) is 4.92 Å². The molecule has 3 N–H and O–H groups in total. The molecule has 0 saturated heterocycles. The molecule has 5 atom stereocenters. The fourth-order valence-electron chi connectivity index (χ4n) is 6.90. The van der Waals surface area contributed by atoms with Gasteiger partial charge in [0.25, 0.3) is 0 Å². The topological polar surface area (TPSA) is 131 Å². The Kier molecular flexibility index (Phi) is 7.11. The van der Waals surface area contributed by atoms with Crippen molar-refractivity contribution in [3.05, 3.63) is 51.2 Å². The van der Waals surface area contributed by atoms with E-state index in [2.05, 4.69) is 25.9 Å². The van der Waals surface area contributed by atoms with Gasteiger partial charge in [-0.05, 0) is 87.7 Å². The van der Waals surface area contributed by atoms with Crippen LogP contribution in [0.3, 0.4) is 0 Å². The summed E-state index contributed by atoms with van der Waals surface area (Å²) in [5, 5.41) is 21.9. The molecular formula is C27H35ClN6O4. The second-order valence-electron chi connectivity index (χ2n) is 12.1. The largest absolute Gasteiger partial charge is 0.444 e. The van der Waals surface area contributed by atoms with Crippen LogP contribution in [-0.4, -0.2) is 39.2 Å². The third-order valence-electron chi connectivity index (χ3n) is 8.08. The van der Waals surface area contributed by atoms with Gasteiger partial charge in [-0.1, -0.05) is 29.8 Å². The molecule has 38 heavy (non-hydrogen) atoms. The van der Waals surface area contributed by atoms with E-state index in [1.165, 1.54) is 6.20 Å². The molecule has 4 aliphatic carbocycles. The molecule has 4 bridgehead atoms. The van der Waals surface area contributed by atoms with Crippen molar-refractivity contribution in [1.82, 2.24) is 15.3 Å². The molecule has 4 saturated carbocycles. The van der Waals surface area contributed by atoms with Gasteiger partial charge in [0.2, 0.25) is 11.8 Å². The van der Waals surface area contributed by atoms with Crippen LogP contribution < -0.4 is 16.0 Å². The van der Waals surface area contributed by atoms with Crippen LogP contribution in [0.1, 0.15) is 58.4 Å². The van der Waals surface area contributed by atoms with Crippen LogP contribution >= 0.6 is 11.6 Å². The van der Waals surface area contributed by atoms with Gasteiger partial charge < -0.3 is 20.7 Å². The number of rotatable bonds is 8. The maximum atomic E-state index is 12.5. The predicted octanol–water partition coefficient (Wildman–Crippen LogP) is 5.78. The van der Waals surface area contributed by atoms with E-state index >= 15 is 0 Å². The summed E-state index contributed by atoms with van der Waals surface area (Å²) in [5.74, 6) is 1.88. The molecule has 6 rings (SSSR count). The fraction of sp³-hybridized carbons (Fsp3) is 0.593. The molecule has 0 spiro atoms. The van der Waals surface area contributed by atoms with E-state index in [-0.39, 0.29) is 29.1 Å². The Morgan fingerprint density at radius 3 is 2.55 bits per heavy atom. The lowest BCUT2D eigenvalue weighted by molar-refractivity contribution is -0.384. The Balaban J connectivity index is 1.26. The van der Waals surface area contributed by atoms with Gasteiger partial charge in [-0.2, -0.15) is 4.98 Å². The van der Waals surface area contributed by atoms with Crippen molar-refractivity contribution in [2.75, 3.05) is 17.2 Å². The van der Waals surface area contributed by atoms with Gasteiger partial charge in [0.15, 0.2) is 0 Å². The number of hydrogen-bond acceptors (Lipinski definition) is 8. The van der Waals surface area contributed by atoms with Crippen LogP contribution in [0, 0.1) is 33.3 Å². The Labute approximate surface area is 227 Å². The molecule has 4 fully saturated rings. The Morgan fingerprint density at radius 2 is 1.89 bits per heavy atom. The van der Waals surface area contributed by atoms with E-state index in [9.17, 15) is 14.9 Å². The van der Waals surface area contributed by atoms with E-state index < -0.39 is 10.5 Å². The van der Waals surface area contributed by atoms with Crippen LogP contribution in [0.5, 0.6) is 0 Å². The number of nitrogens with zero attached hydrogens (tertiary/aromatic N) is 3. The van der Waals surface area contributed by atoms with Crippen molar-refractivity contribution < 1.29 is 14.5 Å². The van der Waals surface area contributed by atoms with Crippen LogP contribution in [0.25, 0.3) is 0 Å². The van der Waals surface area contributed by atoms with Gasteiger partial charge in [-0.3, -0.25) is 10.1 Å². The second kappa shape index (κ2) is 10.2. The Bertz CT molecular complexity index is 1200. The smallest absolute Gasteiger partial charge is 0.407 e. The number of anilines is 2. The average Bonchev–Trinajstić information content (AvgIpc) is 2.83. The molecule has 1 amide bonds. The molecule has 0 aliphatic heterocycles. The number of nitrogens with one attached hydrogen (secondary N) is 3. The molecule has 10 nitrogen and oxygen atoms in total. The minimum atomic E-state index is -0.533. The quantitative estimate of drug-likeness (QED) is 0.282. The average molecular weight is 543 g/mol. The normalized spacial score (nSPS) is 27.6. The molecule has 4 aliphatic rings. The van der Waals surface area contributed by atoms with Gasteiger partial charge in [-0.15, -0.1) is 0 Å². The number of carbonyl (C=O) groups is 1. The van der Waals surface area contributed by atoms with Crippen molar-refractivity contribution in [2.45, 2.75) is 71.1 Å². The van der Waals surface area contributed by atoms with Crippen molar-refractivity contribution in [1.29, 1.82) is 0 Å². The first-order valence-corrected chi connectivity index (χ1v) is 13.6. The predicted molar refractivity (Wildman–Crippen MR) is 145 cm³/mol. The lowest BCUT2D eigenvalue weighted by atomic mass is 9.48. The van der Waals surface area contributed by atoms with Crippen LogP contribution in [-0.2, 0) is 11.3 Å². The van der Waals surface area contributed by atoms with E-state index in [4.69, 9.17) is 16.3 Å². The van der Waals surface area contributed by atoms with E-state index in [1.807, 2.05) is 39.0 Å². The zero-order valence-electron chi connectivity index (χ0n) is 22.0. The standard InChI is InChI=1S/C27H35ClN6O4/c1-26(2,3)38-25(35)32-22-18-8-16-9-19(22)12-27(10-16,11-18)15-31-23-21(34(36)37)14-30-24(33-23)29-13-17-6-4-5-7-20(17)28/h4-7,14,16,18-19,22H,8-13,15H2,1-3H3,(H,32,35)(H2,29,30,31,33)/t16?,18-,19+,22-,27-. The summed E-state index contributed by atoms with van der Waals surface area (Å²) in [6.07, 6.45) is 6.10. The highest BCUT2D eigenvalue weighted by molar-refractivity contribution is 6.31. The van der Waals surface area contributed by atoms with E-state index in [0.29, 0.717) is 41.8 Å². The highest BCUT2D eigenvalue weighted by Crippen LogP contribution is 2.60. The minimum absolute atomic E-state index is 0.0204. The van der Waals surface area contributed by atoms with Crippen molar-refractivity contribution in [2.24, 2.45) is 23.2 Å². The molecule has 1 aromatic heterocycles. The van der Waals surface area contributed by atoms with E-state index in [0.717, 1.165) is 37.7 Å².